The number of tetrazole rings is 1. The molecule has 0 aliphatic heterocycles. The molecule has 6 nitrogen and oxygen atoms in total. The second-order valence-electron chi connectivity index (χ2n) is 4.95. The fraction of sp³-hybridized carbons (Fsp3) is 0.125. The summed E-state index contributed by atoms with van der Waals surface area (Å²) in [6, 6.07) is 17.3. The number of carbonyl (C=O) groups excluding carboxylic acids is 1. The number of amides is 1. The zero-order chi connectivity index (χ0) is 16.1. The van der Waals surface area contributed by atoms with E-state index in [0.29, 0.717) is 17.9 Å². The van der Waals surface area contributed by atoms with Crippen LogP contribution in [-0.2, 0) is 12.3 Å². The van der Waals surface area contributed by atoms with E-state index >= 15 is 0 Å². The largest absolute Gasteiger partial charge is 0.366 e. The third kappa shape index (κ3) is 3.95. The Morgan fingerprint density at radius 3 is 2.48 bits per heavy atom. The van der Waals surface area contributed by atoms with Gasteiger partial charge in [0.2, 0.25) is 11.1 Å². The Kier molecular flexibility index (Phi) is 4.68. The third-order valence-electron chi connectivity index (χ3n) is 3.28. The van der Waals surface area contributed by atoms with Crippen molar-refractivity contribution < 1.29 is 4.79 Å². The second-order valence-corrected chi connectivity index (χ2v) is 5.90. The van der Waals surface area contributed by atoms with Crippen LogP contribution in [0.4, 0.5) is 0 Å². The molecule has 0 saturated heterocycles. The molecule has 0 bridgehead atoms. The second kappa shape index (κ2) is 7.06. The van der Waals surface area contributed by atoms with Crippen molar-refractivity contribution >= 4 is 17.7 Å². The number of thioether (sulfide) groups is 1. The minimum atomic E-state index is -0.420. The van der Waals surface area contributed by atoms with Crippen LogP contribution in [0.15, 0.2) is 59.8 Å². The average Bonchev–Trinajstić information content (AvgIpc) is 3.01. The van der Waals surface area contributed by atoms with Crippen LogP contribution in [0.2, 0.25) is 0 Å². The van der Waals surface area contributed by atoms with E-state index in [1.807, 2.05) is 42.5 Å². The SMILES string of the molecule is NC(=O)c1ccc(CSc2nnnn2Cc2ccccc2)cc1. The highest BCUT2D eigenvalue weighted by Crippen LogP contribution is 2.20. The van der Waals surface area contributed by atoms with Gasteiger partial charge >= 0.3 is 0 Å². The smallest absolute Gasteiger partial charge is 0.248 e. The summed E-state index contributed by atoms with van der Waals surface area (Å²) >= 11 is 1.55. The summed E-state index contributed by atoms with van der Waals surface area (Å²) in [6.45, 7) is 0.636. The predicted molar refractivity (Wildman–Crippen MR) is 87.9 cm³/mol. The lowest BCUT2D eigenvalue weighted by molar-refractivity contribution is 0.100. The lowest BCUT2D eigenvalue weighted by atomic mass is 10.1. The molecule has 3 rings (SSSR count). The first-order valence-corrected chi connectivity index (χ1v) is 8.02. The number of hydrogen-bond acceptors (Lipinski definition) is 5. The summed E-state index contributed by atoms with van der Waals surface area (Å²) in [4.78, 5) is 11.1. The lowest BCUT2D eigenvalue weighted by Crippen LogP contribution is -2.10. The minimum Gasteiger partial charge on any atom is -0.366 e. The molecule has 0 spiro atoms. The van der Waals surface area contributed by atoms with Gasteiger partial charge in [0.1, 0.15) is 0 Å². The van der Waals surface area contributed by atoms with Crippen LogP contribution in [-0.4, -0.2) is 26.1 Å². The molecular weight excluding hydrogens is 310 g/mol. The number of benzene rings is 2. The van der Waals surface area contributed by atoms with Crippen LogP contribution in [0.25, 0.3) is 0 Å². The molecule has 3 aromatic rings. The first kappa shape index (κ1) is 15.2. The molecule has 0 aliphatic rings. The molecule has 0 fully saturated rings. The van der Waals surface area contributed by atoms with Crippen LogP contribution in [0.3, 0.4) is 0 Å². The van der Waals surface area contributed by atoms with Crippen LogP contribution in [0.5, 0.6) is 0 Å². The molecule has 0 unspecified atom stereocenters. The van der Waals surface area contributed by atoms with Gasteiger partial charge in [0, 0.05) is 11.3 Å². The number of carbonyl (C=O) groups is 1. The maximum atomic E-state index is 11.1. The summed E-state index contributed by atoms with van der Waals surface area (Å²) in [5.74, 6) is 0.296. The Hall–Kier alpha value is -2.67. The quantitative estimate of drug-likeness (QED) is 0.701. The normalized spacial score (nSPS) is 10.6. The van der Waals surface area contributed by atoms with Crippen LogP contribution >= 0.6 is 11.8 Å². The Labute approximate surface area is 137 Å². The zero-order valence-corrected chi connectivity index (χ0v) is 13.1. The first-order valence-electron chi connectivity index (χ1n) is 7.04. The number of nitrogens with zero attached hydrogens (tertiary/aromatic N) is 4. The van der Waals surface area contributed by atoms with E-state index in [4.69, 9.17) is 5.73 Å². The Bertz CT molecular complexity index is 786. The van der Waals surface area contributed by atoms with Gasteiger partial charge in [-0.15, -0.1) is 5.10 Å². The van der Waals surface area contributed by atoms with Gasteiger partial charge in [-0.3, -0.25) is 4.79 Å². The summed E-state index contributed by atoms with van der Waals surface area (Å²) < 4.78 is 1.78. The average molecular weight is 325 g/mol. The Balaban J connectivity index is 1.65. The van der Waals surface area contributed by atoms with E-state index in [9.17, 15) is 4.79 Å². The standard InChI is InChI=1S/C16H15N5OS/c17-15(22)14-8-6-13(7-9-14)11-23-16-18-19-20-21(16)10-12-4-2-1-3-5-12/h1-9H,10-11H2,(H2,17,22). The molecule has 0 atom stereocenters. The minimum absolute atomic E-state index is 0.420. The Morgan fingerprint density at radius 2 is 1.78 bits per heavy atom. The predicted octanol–water partition coefficient (Wildman–Crippen LogP) is 2.11. The number of primary amides is 1. The molecule has 0 saturated carbocycles. The van der Waals surface area contributed by atoms with Crippen LogP contribution < -0.4 is 5.73 Å². The van der Waals surface area contributed by atoms with Crippen molar-refractivity contribution in [3.63, 3.8) is 0 Å². The molecule has 2 aromatic carbocycles. The highest BCUT2D eigenvalue weighted by atomic mass is 32.2. The van der Waals surface area contributed by atoms with Crippen LogP contribution in [0.1, 0.15) is 21.5 Å². The Morgan fingerprint density at radius 1 is 1.04 bits per heavy atom. The van der Waals surface area contributed by atoms with Crippen molar-refractivity contribution in [1.82, 2.24) is 20.2 Å². The molecule has 1 aromatic heterocycles. The molecular formula is C16H15N5OS. The number of aromatic nitrogens is 4. The lowest BCUT2D eigenvalue weighted by Gasteiger charge is -2.05. The molecule has 23 heavy (non-hydrogen) atoms. The van der Waals surface area contributed by atoms with Gasteiger partial charge in [-0.1, -0.05) is 54.2 Å². The third-order valence-corrected chi connectivity index (χ3v) is 4.31. The van der Waals surface area contributed by atoms with Gasteiger partial charge < -0.3 is 5.73 Å². The maximum absolute atomic E-state index is 11.1. The number of hydrogen-bond donors (Lipinski definition) is 1. The van der Waals surface area contributed by atoms with Gasteiger partial charge in [-0.2, -0.15) is 0 Å². The summed E-state index contributed by atoms with van der Waals surface area (Å²) in [5, 5.41) is 12.6. The molecule has 116 valence electrons. The van der Waals surface area contributed by atoms with Crippen molar-refractivity contribution in [2.75, 3.05) is 0 Å². The van der Waals surface area contributed by atoms with E-state index < -0.39 is 5.91 Å². The van der Waals surface area contributed by atoms with Gasteiger partial charge in [-0.25, -0.2) is 4.68 Å². The number of rotatable bonds is 6. The van der Waals surface area contributed by atoms with Crippen molar-refractivity contribution in [1.29, 1.82) is 0 Å². The van der Waals surface area contributed by atoms with Crippen molar-refractivity contribution in [2.24, 2.45) is 5.73 Å². The topological polar surface area (TPSA) is 86.7 Å². The molecule has 1 heterocycles. The summed E-state index contributed by atoms with van der Waals surface area (Å²) in [7, 11) is 0. The zero-order valence-electron chi connectivity index (χ0n) is 12.3. The van der Waals surface area contributed by atoms with Gasteiger partial charge in [0.15, 0.2) is 0 Å². The monoisotopic (exact) mass is 325 g/mol. The summed E-state index contributed by atoms with van der Waals surface area (Å²) in [6.07, 6.45) is 0. The van der Waals surface area contributed by atoms with E-state index in [2.05, 4.69) is 15.5 Å². The molecule has 7 heteroatoms. The van der Waals surface area contributed by atoms with E-state index in [1.54, 1.807) is 28.6 Å². The fourth-order valence-electron chi connectivity index (χ4n) is 2.07. The van der Waals surface area contributed by atoms with Gasteiger partial charge in [0.05, 0.1) is 6.54 Å². The van der Waals surface area contributed by atoms with Crippen molar-refractivity contribution in [3.8, 4) is 0 Å². The molecule has 1 amide bonds. The van der Waals surface area contributed by atoms with Crippen LogP contribution in [0, 0.1) is 0 Å². The molecule has 0 aliphatic carbocycles. The van der Waals surface area contributed by atoms with Crippen molar-refractivity contribution in [2.45, 2.75) is 17.5 Å². The highest BCUT2D eigenvalue weighted by Gasteiger charge is 2.08. The van der Waals surface area contributed by atoms with E-state index in [-0.39, 0.29) is 0 Å². The van der Waals surface area contributed by atoms with E-state index in [0.717, 1.165) is 16.3 Å². The van der Waals surface area contributed by atoms with Gasteiger partial charge in [-0.05, 0) is 33.7 Å². The molecule has 0 radical (unpaired) electrons. The van der Waals surface area contributed by atoms with Gasteiger partial charge in [0.25, 0.3) is 0 Å². The maximum Gasteiger partial charge on any atom is 0.248 e. The number of nitrogens with two attached hydrogens (primary N) is 1. The fourth-order valence-corrected chi connectivity index (χ4v) is 2.90. The highest BCUT2D eigenvalue weighted by molar-refractivity contribution is 7.98. The van der Waals surface area contributed by atoms with Crippen molar-refractivity contribution in [3.05, 3.63) is 71.3 Å². The molecule has 2 N–H and O–H groups in total. The van der Waals surface area contributed by atoms with E-state index in [1.165, 1.54) is 0 Å². The first-order chi connectivity index (χ1) is 11.2. The summed E-state index contributed by atoms with van der Waals surface area (Å²) in [5.41, 5.74) is 7.97.